The maximum atomic E-state index is 10.8. The summed E-state index contributed by atoms with van der Waals surface area (Å²) in [4.78, 5) is 10.8. The third-order valence-electron chi connectivity index (χ3n) is 3.47. The zero-order valence-electron chi connectivity index (χ0n) is 9.96. The third-order valence-corrected chi connectivity index (χ3v) is 4.13. The quantitative estimate of drug-likeness (QED) is 0.893. The molecule has 0 radical (unpaired) electrons. The van der Waals surface area contributed by atoms with Crippen LogP contribution < -0.4 is 5.32 Å². The molecule has 0 amide bonds. The van der Waals surface area contributed by atoms with Crippen molar-refractivity contribution in [2.24, 2.45) is 11.3 Å². The van der Waals surface area contributed by atoms with Crippen LogP contribution in [0, 0.1) is 11.3 Å². The molecule has 1 aromatic rings. The van der Waals surface area contributed by atoms with E-state index in [-0.39, 0.29) is 0 Å². The number of halogens is 1. The fourth-order valence-electron chi connectivity index (χ4n) is 1.95. The van der Waals surface area contributed by atoms with E-state index in [1.165, 1.54) is 6.42 Å². The highest BCUT2D eigenvalue weighted by Gasteiger charge is 2.44. The van der Waals surface area contributed by atoms with Gasteiger partial charge in [-0.05, 0) is 51.9 Å². The van der Waals surface area contributed by atoms with Gasteiger partial charge in [0.1, 0.15) is 0 Å². The number of aromatic carboxylic acids is 1. The molecule has 92 valence electrons. The number of rotatable bonds is 4. The second-order valence-electron chi connectivity index (χ2n) is 5.27. The lowest BCUT2D eigenvalue weighted by atomic mass is 10.1. The Bertz CT molecular complexity index is 457. The fourth-order valence-corrected chi connectivity index (χ4v) is 2.47. The molecule has 1 atom stereocenters. The standard InChI is InChI=1S/C13H16BrNO2/c1-13(2)6-9(13)7-15-11-4-3-8(12(16)17)5-10(11)14/h3-5,9,15H,6-7H2,1-2H3,(H,16,17). The number of hydrogen-bond donors (Lipinski definition) is 2. The Kier molecular flexibility index (Phi) is 3.17. The smallest absolute Gasteiger partial charge is 0.335 e. The van der Waals surface area contributed by atoms with Gasteiger partial charge >= 0.3 is 5.97 Å². The van der Waals surface area contributed by atoms with E-state index in [1.54, 1.807) is 12.1 Å². The number of hydrogen-bond acceptors (Lipinski definition) is 2. The van der Waals surface area contributed by atoms with Gasteiger partial charge in [0.2, 0.25) is 0 Å². The average molecular weight is 298 g/mol. The molecule has 1 aliphatic rings. The summed E-state index contributed by atoms with van der Waals surface area (Å²) in [7, 11) is 0. The maximum Gasteiger partial charge on any atom is 0.335 e. The van der Waals surface area contributed by atoms with Gasteiger partial charge in [-0.1, -0.05) is 13.8 Å². The molecular formula is C13H16BrNO2. The van der Waals surface area contributed by atoms with E-state index in [9.17, 15) is 4.79 Å². The first-order chi connectivity index (χ1) is 7.90. The number of anilines is 1. The summed E-state index contributed by atoms with van der Waals surface area (Å²) < 4.78 is 0.802. The molecule has 2 N–H and O–H groups in total. The number of nitrogens with one attached hydrogen (secondary N) is 1. The van der Waals surface area contributed by atoms with Crippen molar-refractivity contribution < 1.29 is 9.90 Å². The molecule has 1 aromatic carbocycles. The first kappa shape index (κ1) is 12.4. The molecule has 0 heterocycles. The molecule has 0 bridgehead atoms. The fraction of sp³-hybridized carbons (Fsp3) is 0.462. The zero-order valence-corrected chi connectivity index (χ0v) is 11.5. The molecule has 0 spiro atoms. The molecule has 1 fully saturated rings. The van der Waals surface area contributed by atoms with Crippen molar-refractivity contribution in [2.45, 2.75) is 20.3 Å². The highest BCUT2D eigenvalue weighted by Crippen LogP contribution is 2.51. The summed E-state index contributed by atoms with van der Waals surface area (Å²) >= 11 is 3.39. The van der Waals surface area contributed by atoms with Gasteiger partial charge in [-0.3, -0.25) is 0 Å². The van der Waals surface area contributed by atoms with E-state index in [2.05, 4.69) is 35.1 Å². The topological polar surface area (TPSA) is 49.3 Å². The average Bonchev–Trinajstić information content (AvgIpc) is 2.84. The summed E-state index contributed by atoms with van der Waals surface area (Å²) in [6.45, 7) is 5.47. The van der Waals surface area contributed by atoms with Crippen LogP contribution in [0.5, 0.6) is 0 Å². The van der Waals surface area contributed by atoms with Crippen LogP contribution in [-0.4, -0.2) is 17.6 Å². The lowest BCUT2D eigenvalue weighted by Crippen LogP contribution is -2.08. The van der Waals surface area contributed by atoms with Gasteiger partial charge in [0.05, 0.1) is 5.56 Å². The predicted octanol–water partition coefficient (Wildman–Crippen LogP) is 3.61. The summed E-state index contributed by atoms with van der Waals surface area (Å²) in [5.41, 5.74) is 1.72. The molecular weight excluding hydrogens is 282 g/mol. The summed E-state index contributed by atoms with van der Waals surface area (Å²) in [5, 5.41) is 12.2. The van der Waals surface area contributed by atoms with E-state index < -0.39 is 5.97 Å². The van der Waals surface area contributed by atoms with Crippen molar-refractivity contribution in [3.05, 3.63) is 28.2 Å². The second kappa shape index (κ2) is 4.33. The summed E-state index contributed by atoms with van der Waals surface area (Å²) in [6.07, 6.45) is 1.25. The van der Waals surface area contributed by atoms with Gasteiger partial charge < -0.3 is 10.4 Å². The number of carboxylic acids is 1. The highest BCUT2D eigenvalue weighted by molar-refractivity contribution is 9.10. The van der Waals surface area contributed by atoms with Gasteiger partial charge in [-0.2, -0.15) is 0 Å². The first-order valence-corrected chi connectivity index (χ1v) is 6.46. The molecule has 0 saturated heterocycles. The Balaban J connectivity index is 2.00. The normalized spacial score (nSPS) is 21.0. The number of carboxylic acid groups (broad SMARTS) is 1. The van der Waals surface area contributed by atoms with E-state index in [4.69, 9.17) is 5.11 Å². The summed E-state index contributed by atoms with van der Waals surface area (Å²) in [5.74, 6) is -0.186. The minimum absolute atomic E-state index is 0.300. The predicted molar refractivity (Wildman–Crippen MR) is 71.5 cm³/mol. The second-order valence-corrected chi connectivity index (χ2v) is 6.12. The van der Waals surface area contributed by atoms with E-state index in [1.807, 2.05) is 6.07 Å². The van der Waals surface area contributed by atoms with Crippen molar-refractivity contribution >= 4 is 27.6 Å². The van der Waals surface area contributed by atoms with Crippen LogP contribution in [0.25, 0.3) is 0 Å². The van der Waals surface area contributed by atoms with Gasteiger partial charge in [0.25, 0.3) is 0 Å². The first-order valence-electron chi connectivity index (χ1n) is 5.67. The molecule has 1 saturated carbocycles. The Hall–Kier alpha value is -1.03. The van der Waals surface area contributed by atoms with Crippen LogP contribution >= 0.6 is 15.9 Å². The van der Waals surface area contributed by atoms with E-state index in [0.717, 1.165) is 16.7 Å². The van der Waals surface area contributed by atoms with E-state index in [0.29, 0.717) is 16.9 Å². The number of benzene rings is 1. The van der Waals surface area contributed by atoms with Crippen molar-refractivity contribution in [1.82, 2.24) is 0 Å². The SMILES string of the molecule is CC1(C)CC1CNc1ccc(C(=O)O)cc1Br. The van der Waals surface area contributed by atoms with Gasteiger partial charge in [0, 0.05) is 16.7 Å². The lowest BCUT2D eigenvalue weighted by Gasteiger charge is -2.10. The highest BCUT2D eigenvalue weighted by atomic mass is 79.9. The van der Waals surface area contributed by atoms with Crippen LogP contribution in [0.4, 0.5) is 5.69 Å². The molecule has 17 heavy (non-hydrogen) atoms. The van der Waals surface area contributed by atoms with Gasteiger partial charge in [-0.25, -0.2) is 4.79 Å². The van der Waals surface area contributed by atoms with Crippen LogP contribution in [0.2, 0.25) is 0 Å². The van der Waals surface area contributed by atoms with Crippen molar-refractivity contribution in [3.63, 3.8) is 0 Å². The van der Waals surface area contributed by atoms with E-state index >= 15 is 0 Å². The molecule has 0 aliphatic heterocycles. The molecule has 1 aliphatic carbocycles. The Morgan fingerprint density at radius 2 is 2.24 bits per heavy atom. The Labute approximate surface area is 109 Å². The van der Waals surface area contributed by atoms with Crippen LogP contribution in [0.3, 0.4) is 0 Å². The molecule has 1 unspecified atom stereocenters. The Morgan fingerprint density at radius 3 is 2.71 bits per heavy atom. The van der Waals surface area contributed by atoms with Crippen molar-refractivity contribution in [1.29, 1.82) is 0 Å². The third kappa shape index (κ3) is 2.80. The van der Waals surface area contributed by atoms with Gasteiger partial charge in [0.15, 0.2) is 0 Å². The Morgan fingerprint density at radius 1 is 1.59 bits per heavy atom. The van der Waals surface area contributed by atoms with Crippen LogP contribution in [0.15, 0.2) is 22.7 Å². The molecule has 2 rings (SSSR count). The minimum atomic E-state index is -0.902. The monoisotopic (exact) mass is 297 g/mol. The van der Waals surface area contributed by atoms with Crippen molar-refractivity contribution in [2.75, 3.05) is 11.9 Å². The lowest BCUT2D eigenvalue weighted by molar-refractivity contribution is 0.0697. The van der Waals surface area contributed by atoms with Gasteiger partial charge in [-0.15, -0.1) is 0 Å². The molecule has 0 aromatic heterocycles. The largest absolute Gasteiger partial charge is 0.478 e. The van der Waals surface area contributed by atoms with Crippen LogP contribution in [0.1, 0.15) is 30.6 Å². The number of carbonyl (C=O) groups is 1. The maximum absolute atomic E-state index is 10.8. The van der Waals surface area contributed by atoms with Crippen molar-refractivity contribution in [3.8, 4) is 0 Å². The summed E-state index contributed by atoms with van der Waals surface area (Å²) in [6, 6.07) is 5.05. The zero-order chi connectivity index (χ0) is 12.6. The minimum Gasteiger partial charge on any atom is -0.478 e. The molecule has 4 heteroatoms. The van der Waals surface area contributed by atoms with Crippen LogP contribution in [-0.2, 0) is 0 Å². The molecule has 3 nitrogen and oxygen atoms in total.